The summed E-state index contributed by atoms with van der Waals surface area (Å²) in [6, 6.07) is 13.6. The minimum Gasteiger partial charge on any atom is -0.352 e. The molecule has 1 aromatic carbocycles. The Kier molecular flexibility index (Phi) is 5.37. The maximum atomic E-state index is 12.8. The summed E-state index contributed by atoms with van der Waals surface area (Å²) in [7, 11) is 0. The van der Waals surface area contributed by atoms with Crippen LogP contribution in [0.15, 0.2) is 54.9 Å². The van der Waals surface area contributed by atoms with E-state index >= 15 is 0 Å². The molecule has 0 bridgehead atoms. The van der Waals surface area contributed by atoms with Crippen LogP contribution in [0.1, 0.15) is 21.5 Å². The molecule has 2 aromatic heterocycles. The first-order valence-electron chi connectivity index (χ1n) is 9.72. The zero-order valence-corrected chi connectivity index (χ0v) is 16.7. The summed E-state index contributed by atoms with van der Waals surface area (Å²) in [6.45, 7) is 6.86. The number of aromatic nitrogens is 3. The van der Waals surface area contributed by atoms with Crippen LogP contribution in [0.3, 0.4) is 0 Å². The van der Waals surface area contributed by atoms with Crippen LogP contribution in [0, 0.1) is 13.8 Å². The van der Waals surface area contributed by atoms with Gasteiger partial charge in [0.05, 0.1) is 11.9 Å². The second kappa shape index (κ2) is 8.26. The summed E-state index contributed by atoms with van der Waals surface area (Å²) < 4.78 is 0. The van der Waals surface area contributed by atoms with Gasteiger partial charge in [0.1, 0.15) is 0 Å². The topological polar surface area (TPSA) is 74.2 Å². The quantitative estimate of drug-likeness (QED) is 0.740. The molecule has 1 saturated heterocycles. The lowest BCUT2D eigenvalue weighted by Gasteiger charge is -2.35. The molecule has 0 radical (unpaired) electrons. The maximum Gasteiger partial charge on any atom is 0.253 e. The van der Waals surface area contributed by atoms with Gasteiger partial charge in [-0.25, -0.2) is 0 Å². The van der Waals surface area contributed by atoms with Crippen molar-refractivity contribution in [2.24, 2.45) is 0 Å². The lowest BCUT2D eigenvalue weighted by Crippen LogP contribution is -2.49. The van der Waals surface area contributed by atoms with Gasteiger partial charge in [-0.2, -0.15) is 0 Å². The molecule has 3 aromatic rings. The molecule has 1 aliphatic rings. The molecule has 1 aliphatic heterocycles. The van der Waals surface area contributed by atoms with Gasteiger partial charge in [0, 0.05) is 37.9 Å². The average molecular weight is 388 g/mol. The molecule has 3 heterocycles. The van der Waals surface area contributed by atoms with Crippen molar-refractivity contribution < 1.29 is 4.79 Å². The van der Waals surface area contributed by atoms with E-state index in [0.29, 0.717) is 18.9 Å². The van der Waals surface area contributed by atoms with E-state index in [1.807, 2.05) is 55.1 Å². The third-order valence-corrected chi connectivity index (χ3v) is 4.94. The van der Waals surface area contributed by atoms with Crippen molar-refractivity contribution in [1.29, 1.82) is 0 Å². The summed E-state index contributed by atoms with van der Waals surface area (Å²) in [6.07, 6.45) is 3.46. The molecule has 7 heteroatoms. The molecule has 29 heavy (non-hydrogen) atoms. The number of hydrogen-bond acceptors (Lipinski definition) is 6. The van der Waals surface area contributed by atoms with Crippen LogP contribution in [0.4, 0.5) is 17.3 Å². The van der Waals surface area contributed by atoms with Crippen LogP contribution in [-0.4, -0.2) is 52.2 Å². The van der Waals surface area contributed by atoms with E-state index in [0.717, 1.165) is 41.3 Å². The lowest BCUT2D eigenvalue weighted by atomic mass is 10.1. The normalized spacial score (nSPS) is 14.0. The number of carbonyl (C=O) groups is 1. The number of carbonyl (C=O) groups excluding carboxylic acids is 1. The fourth-order valence-corrected chi connectivity index (χ4v) is 3.56. The van der Waals surface area contributed by atoms with Gasteiger partial charge in [-0.15, -0.1) is 10.2 Å². The van der Waals surface area contributed by atoms with Crippen LogP contribution < -0.4 is 10.2 Å². The van der Waals surface area contributed by atoms with E-state index < -0.39 is 0 Å². The molecular formula is C22H24N6O. The second-order valence-electron chi connectivity index (χ2n) is 7.30. The molecule has 0 unspecified atom stereocenters. The van der Waals surface area contributed by atoms with Gasteiger partial charge in [0.15, 0.2) is 11.6 Å². The van der Waals surface area contributed by atoms with Gasteiger partial charge in [-0.05, 0) is 50.2 Å². The molecule has 1 amide bonds. The monoisotopic (exact) mass is 388 g/mol. The van der Waals surface area contributed by atoms with Gasteiger partial charge in [-0.3, -0.25) is 9.78 Å². The van der Waals surface area contributed by atoms with Crippen LogP contribution in [0.5, 0.6) is 0 Å². The molecule has 0 spiro atoms. The first-order chi connectivity index (χ1) is 14.1. The third kappa shape index (κ3) is 4.51. The van der Waals surface area contributed by atoms with Gasteiger partial charge in [-0.1, -0.05) is 17.2 Å². The van der Waals surface area contributed by atoms with Crippen LogP contribution >= 0.6 is 0 Å². The van der Waals surface area contributed by atoms with Gasteiger partial charge in [0.2, 0.25) is 0 Å². The van der Waals surface area contributed by atoms with Crippen molar-refractivity contribution in [3.05, 3.63) is 71.5 Å². The summed E-state index contributed by atoms with van der Waals surface area (Å²) in [5, 5.41) is 11.8. The smallest absolute Gasteiger partial charge is 0.253 e. The molecule has 1 fully saturated rings. The highest BCUT2D eigenvalue weighted by Gasteiger charge is 2.23. The Labute approximate surface area is 170 Å². The molecule has 148 valence electrons. The number of hydrogen-bond donors (Lipinski definition) is 1. The first kappa shape index (κ1) is 18.9. The second-order valence-corrected chi connectivity index (χ2v) is 7.30. The zero-order chi connectivity index (χ0) is 20.2. The molecular weight excluding hydrogens is 364 g/mol. The van der Waals surface area contributed by atoms with Crippen LogP contribution in [-0.2, 0) is 0 Å². The number of nitrogens with zero attached hydrogens (tertiary/aromatic N) is 5. The standard InChI is InChI=1S/C22H24N6O/c1-16-12-17(2)14-18(13-16)22(29)28-10-8-27(9-11-28)21-6-5-20(25-26-21)24-19-4-3-7-23-15-19/h3-7,12-15H,8-11H2,1-2H3,(H,24,25). The number of amides is 1. The van der Waals surface area contributed by atoms with E-state index in [1.54, 1.807) is 12.4 Å². The van der Waals surface area contributed by atoms with E-state index in [-0.39, 0.29) is 5.91 Å². The Morgan fingerprint density at radius 2 is 1.72 bits per heavy atom. The molecule has 0 aliphatic carbocycles. The van der Waals surface area contributed by atoms with Crippen molar-refractivity contribution in [3.63, 3.8) is 0 Å². The predicted molar refractivity (Wildman–Crippen MR) is 114 cm³/mol. The minimum absolute atomic E-state index is 0.0959. The number of aryl methyl sites for hydroxylation is 2. The van der Waals surface area contributed by atoms with Crippen LogP contribution in [0.25, 0.3) is 0 Å². The summed E-state index contributed by atoms with van der Waals surface area (Å²) in [4.78, 5) is 21.0. The highest BCUT2D eigenvalue weighted by Crippen LogP contribution is 2.18. The molecule has 0 atom stereocenters. The van der Waals surface area contributed by atoms with Crippen molar-refractivity contribution >= 4 is 23.2 Å². The molecule has 7 nitrogen and oxygen atoms in total. The Morgan fingerprint density at radius 1 is 0.966 bits per heavy atom. The number of pyridine rings is 1. The largest absolute Gasteiger partial charge is 0.352 e. The Hall–Kier alpha value is -3.48. The SMILES string of the molecule is Cc1cc(C)cc(C(=O)N2CCN(c3ccc(Nc4cccnc4)nn3)CC2)c1. The van der Waals surface area contributed by atoms with Crippen molar-refractivity contribution in [3.8, 4) is 0 Å². The van der Waals surface area contributed by atoms with E-state index in [1.165, 1.54) is 0 Å². The van der Waals surface area contributed by atoms with Crippen LogP contribution in [0.2, 0.25) is 0 Å². The highest BCUT2D eigenvalue weighted by molar-refractivity contribution is 5.94. The number of rotatable bonds is 4. The third-order valence-electron chi connectivity index (χ3n) is 4.94. The summed E-state index contributed by atoms with van der Waals surface area (Å²) in [5.74, 6) is 1.59. The summed E-state index contributed by atoms with van der Waals surface area (Å²) >= 11 is 0. The first-order valence-corrected chi connectivity index (χ1v) is 9.72. The molecule has 0 saturated carbocycles. The van der Waals surface area contributed by atoms with E-state index in [4.69, 9.17) is 0 Å². The molecule has 1 N–H and O–H groups in total. The highest BCUT2D eigenvalue weighted by atomic mass is 16.2. The van der Waals surface area contributed by atoms with E-state index in [2.05, 4.69) is 31.5 Å². The number of anilines is 3. The maximum absolute atomic E-state index is 12.8. The van der Waals surface area contributed by atoms with Crippen molar-refractivity contribution in [2.75, 3.05) is 36.4 Å². The Bertz CT molecular complexity index is 962. The van der Waals surface area contributed by atoms with Gasteiger partial charge in [0.25, 0.3) is 5.91 Å². The van der Waals surface area contributed by atoms with Gasteiger partial charge < -0.3 is 15.1 Å². The Balaban J connectivity index is 1.36. The van der Waals surface area contributed by atoms with E-state index in [9.17, 15) is 4.79 Å². The number of piperazine rings is 1. The average Bonchev–Trinajstić information content (AvgIpc) is 2.74. The van der Waals surface area contributed by atoms with Gasteiger partial charge >= 0.3 is 0 Å². The van der Waals surface area contributed by atoms with Crippen molar-refractivity contribution in [1.82, 2.24) is 20.1 Å². The predicted octanol–water partition coefficient (Wildman–Crippen LogP) is 3.19. The fraction of sp³-hybridized carbons (Fsp3) is 0.273. The Morgan fingerprint density at radius 3 is 2.34 bits per heavy atom. The molecule has 4 rings (SSSR count). The fourth-order valence-electron chi connectivity index (χ4n) is 3.56. The number of nitrogens with one attached hydrogen (secondary N) is 1. The van der Waals surface area contributed by atoms with Crippen molar-refractivity contribution in [2.45, 2.75) is 13.8 Å². The summed E-state index contributed by atoms with van der Waals surface area (Å²) in [5.41, 5.74) is 3.86. The minimum atomic E-state index is 0.0959. The lowest BCUT2D eigenvalue weighted by molar-refractivity contribution is 0.0746. The zero-order valence-electron chi connectivity index (χ0n) is 16.7. The number of benzene rings is 1.